The summed E-state index contributed by atoms with van der Waals surface area (Å²) in [6.45, 7) is 3.05. The molecule has 0 spiro atoms. The second kappa shape index (κ2) is 18.5. The molecule has 2 N–H and O–H groups in total. The van der Waals surface area contributed by atoms with Gasteiger partial charge in [-0.1, -0.05) is 64.2 Å². The van der Waals surface area contributed by atoms with Crippen LogP contribution in [0.1, 0.15) is 78.1 Å². The number of rotatable bonds is 15. The molecule has 8 nitrogen and oxygen atoms in total. The van der Waals surface area contributed by atoms with Crippen LogP contribution in [-0.4, -0.2) is 34.6 Å². The summed E-state index contributed by atoms with van der Waals surface area (Å²) in [7, 11) is -4.97. The molecule has 0 saturated carbocycles. The van der Waals surface area contributed by atoms with Crippen molar-refractivity contribution < 1.29 is 37.9 Å². The van der Waals surface area contributed by atoms with Crippen molar-refractivity contribution in [3.8, 4) is 35.5 Å². The average Bonchev–Trinajstić information content (AvgIpc) is 2.69. The summed E-state index contributed by atoms with van der Waals surface area (Å²) in [6, 6.07) is 0. The number of phosphoric ester groups is 1. The van der Waals surface area contributed by atoms with Crippen molar-refractivity contribution in [1.29, 1.82) is 0 Å². The van der Waals surface area contributed by atoms with E-state index < -0.39 is 32.7 Å². The van der Waals surface area contributed by atoms with Crippen LogP contribution in [0.5, 0.6) is 0 Å². The molecule has 0 aromatic rings. The van der Waals surface area contributed by atoms with Gasteiger partial charge in [-0.25, -0.2) is 13.9 Å². The number of hydrogen-bond donors (Lipinski definition) is 2. The highest BCUT2D eigenvalue weighted by Gasteiger charge is 2.26. The minimum absolute atomic E-state index is 0.0681. The lowest BCUT2D eigenvalue weighted by Gasteiger charge is -2.18. The van der Waals surface area contributed by atoms with Crippen molar-refractivity contribution in [2.45, 2.75) is 84.3 Å². The van der Waals surface area contributed by atoms with Gasteiger partial charge in [-0.15, -0.1) is 0 Å². The smallest absolute Gasteiger partial charge is 0.449 e. The molecule has 9 heteroatoms. The molecule has 0 radical (unpaired) electrons. The number of hydrogen-bond acceptors (Lipinski definition) is 6. The Morgan fingerprint density at radius 3 is 2.06 bits per heavy atom. The van der Waals surface area contributed by atoms with E-state index in [1.165, 1.54) is 32.1 Å². The monoisotopic (exact) mass is 454 g/mol. The van der Waals surface area contributed by atoms with Crippen LogP contribution in [0.2, 0.25) is 0 Å². The van der Waals surface area contributed by atoms with Gasteiger partial charge in [0.15, 0.2) is 6.61 Å². The van der Waals surface area contributed by atoms with Gasteiger partial charge in [-0.05, 0) is 37.0 Å². The van der Waals surface area contributed by atoms with Crippen molar-refractivity contribution in [2.24, 2.45) is 0 Å². The Labute approximate surface area is 184 Å². The van der Waals surface area contributed by atoms with Crippen LogP contribution in [0.25, 0.3) is 0 Å². The Balaban J connectivity index is 4.31. The normalized spacial score (nSPS) is 11.0. The standard InChI is InChI=1S/C22H31O8P/c1-3-5-7-9-10-11-12-14-16-18-21(24)29-22(30-31(25,26)27)19-28-20(23)17-15-13-8-6-4-2/h22H,3,5,7,9-12,14,16,18-19H2,1-2H3,(H2,25,26,27)/t22-/m1/s1. The maximum atomic E-state index is 11.9. The molecular formula is C22H31O8P. The lowest BCUT2D eigenvalue weighted by atomic mass is 10.1. The zero-order chi connectivity index (χ0) is 23.4. The van der Waals surface area contributed by atoms with Crippen molar-refractivity contribution in [2.75, 3.05) is 6.61 Å². The van der Waals surface area contributed by atoms with E-state index in [4.69, 9.17) is 19.3 Å². The first-order valence-electron chi connectivity index (χ1n) is 10.3. The summed E-state index contributed by atoms with van der Waals surface area (Å²) in [5.41, 5.74) is 0. The molecule has 0 aliphatic rings. The largest absolute Gasteiger partial charge is 0.472 e. The van der Waals surface area contributed by atoms with Crippen LogP contribution >= 0.6 is 7.82 Å². The molecule has 0 amide bonds. The van der Waals surface area contributed by atoms with E-state index in [1.807, 2.05) is 5.92 Å². The number of phosphoric acid groups is 1. The molecule has 31 heavy (non-hydrogen) atoms. The topological polar surface area (TPSA) is 119 Å². The van der Waals surface area contributed by atoms with Gasteiger partial charge in [0.05, 0.1) is 0 Å². The molecule has 0 fully saturated rings. The van der Waals surface area contributed by atoms with Gasteiger partial charge >= 0.3 is 19.8 Å². The predicted octanol–water partition coefficient (Wildman–Crippen LogP) is 3.46. The van der Waals surface area contributed by atoms with Crippen molar-refractivity contribution in [3.63, 3.8) is 0 Å². The minimum atomic E-state index is -4.97. The molecule has 0 heterocycles. The SMILES string of the molecule is CC#CC#CC#CC(=O)OC[C@H](OC(=O)CCCCCCCCCCC)OP(=O)(O)O. The highest BCUT2D eigenvalue weighted by molar-refractivity contribution is 7.46. The van der Waals surface area contributed by atoms with E-state index in [-0.39, 0.29) is 6.42 Å². The van der Waals surface area contributed by atoms with Crippen molar-refractivity contribution >= 4 is 19.8 Å². The van der Waals surface area contributed by atoms with Crippen LogP contribution in [0.15, 0.2) is 0 Å². The van der Waals surface area contributed by atoms with Gasteiger partial charge in [0.25, 0.3) is 0 Å². The van der Waals surface area contributed by atoms with E-state index in [0.717, 1.165) is 19.3 Å². The second-order valence-electron chi connectivity index (χ2n) is 6.57. The Kier molecular flexibility index (Phi) is 17.1. The van der Waals surface area contributed by atoms with Crippen molar-refractivity contribution in [1.82, 2.24) is 0 Å². The summed E-state index contributed by atoms with van der Waals surface area (Å²) >= 11 is 0. The quantitative estimate of drug-likeness (QED) is 0.0964. The third-order valence-corrected chi connectivity index (χ3v) is 4.34. The number of carbonyl (C=O) groups is 2. The number of ether oxygens (including phenoxy) is 2. The van der Waals surface area contributed by atoms with E-state index in [2.05, 4.69) is 41.0 Å². The molecular weight excluding hydrogens is 423 g/mol. The zero-order valence-corrected chi connectivity index (χ0v) is 19.0. The average molecular weight is 454 g/mol. The number of esters is 2. The van der Waals surface area contributed by atoms with Gasteiger partial charge < -0.3 is 19.3 Å². The summed E-state index contributed by atoms with van der Waals surface area (Å²) in [5, 5.41) is 0. The first-order valence-corrected chi connectivity index (χ1v) is 11.8. The molecule has 0 bridgehead atoms. The molecule has 0 aromatic heterocycles. The molecule has 0 aliphatic heterocycles. The maximum Gasteiger partial charge on any atom is 0.472 e. The first-order chi connectivity index (χ1) is 14.8. The fourth-order valence-electron chi connectivity index (χ4n) is 2.41. The Hall–Kier alpha value is -2.27. The highest BCUT2D eigenvalue weighted by Crippen LogP contribution is 2.38. The molecule has 172 valence electrons. The molecule has 1 atom stereocenters. The van der Waals surface area contributed by atoms with E-state index in [1.54, 1.807) is 6.92 Å². The molecule has 0 aromatic carbocycles. The van der Waals surface area contributed by atoms with Gasteiger partial charge in [-0.3, -0.25) is 4.79 Å². The molecule has 0 saturated heterocycles. The van der Waals surface area contributed by atoms with Crippen LogP contribution < -0.4 is 0 Å². The highest BCUT2D eigenvalue weighted by atomic mass is 31.2. The van der Waals surface area contributed by atoms with E-state index in [0.29, 0.717) is 6.42 Å². The number of unbranched alkanes of at least 4 members (excludes halogenated alkanes) is 8. The predicted molar refractivity (Wildman–Crippen MR) is 115 cm³/mol. The lowest BCUT2D eigenvalue weighted by Crippen LogP contribution is -2.27. The molecule has 0 aliphatic carbocycles. The summed E-state index contributed by atoms with van der Waals surface area (Å²) in [4.78, 5) is 41.3. The fourth-order valence-corrected chi connectivity index (χ4v) is 2.82. The Morgan fingerprint density at radius 1 is 0.903 bits per heavy atom. The molecule has 0 unspecified atom stereocenters. The third-order valence-electron chi connectivity index (χ3n) is 3.83. The van der Waals surface area contributed by atoms with E-state index >= 15 is 0 Å². The van der Waals surface area contributed by atoms with Gasteiger partial charge in [-0.2, -0.15) is 0 Å². The summed E-state index contributed by atoms with van der Waals surface area (Å²) in [6.07, 6.45) is 7.99. The lowest BCUT2D eigenvalue weighted by molar-refractivity contribution is -0.177. The summed E-state index contributed by atoms with van der Waals surface area (Å²) in [5.74, 6) is 12.1. The van der Waals surface area contributed by atoms with Crippen molar-refractivity contribution in [3.05, 3.63) is 0 Å². The Morgan fingerprint density at radius 2 is 1.48 bits per heavy atom. The Bertz CT molecular complexity index is 767. The fraction of sp³-hybridized carbons (Fsp3) is 0.636. The van der Waals surface area contributed by atoms with E-state index in [9.17, 15) is 14.2 Å². The van der Waals surface area contributed by atoms with Crippen LogP contribution in [0, 0.1) is 35.5 Å². The van der Waals surface area contributed by atoms with Crippen LogP contribution in [0.4, 0.5) is 0 Å². The summed E-state index contributed by atoms with van der Waals surface area (Å²) < 4.78 is 25.0. The minimum Gasteiger partial charge on any atom is -0.449 e. The number of carbonyl (C=O) groups excluding carboxylic acids is 2. The molecule has 0 rings (SSSR count). The van der Waals surface area contributed by atoms with Gasteiger partial charge in [0, 0.05) is 12.3 Å². The van der Waals surface area contributed by atoms with Crippen LogP contribution in [0.3, 0.4) is 0 Å². The maximum absolute atomic E-state index is 11.9. The van der Waals surface area contributed by atoms with Crippen LogP contribution in [-0.2, 0) is 28.2 Å². The third kappa shape index (κ3) is 20.8. The van der Waals surface area contributed by atoms with Gasteiger partial charge in [0.1, 0.15) is 0 Å². The first kappa shape index (κ1) is 28.7. The zero-order valence-electron chi connectivity index (χ0n) is 18.1. The van der Waals surface area contributed by atoms with Gasteiger partial charge in [0.2, 0.25) is 6.29 Å². The second-order valence-corrected chi connectivity index (χ2v) is 7.76.